The Hall–Kier alpha value is -2.32. The summed E-state index contributed by atoms with van der Waals surface area (Å²) < 4.78 is 45.9. The van der Waals surface area contributed by atoms with Crippen LogP contribution in [-0.4, -0.2) is 18.0 Å². The zero-order chi connectivity index (χ0) is 22.7. The number of halogens is 2. The molecule has 1 aromatic heterocycles. The maximum atomic E-state index is 12.7. The van der Waals surface area contributed by atoms with Gasteiger partial charge in [-0.3, -0.25) is 0 Å². The topological polar surface area (TPSA) is 130 Å². The number of methoxy groups -OCH3 is 1. The number of anilines is 1. The van der Waals surface area contributed by atoms with Crippen LogP contribution in [-0.2, 0) is 2.62 Å². The van der Waals surface area contributed by atoms with E-state index in [4.69, 9.17) is 7.36 Å². The van der Waals surface area contributed by atoms with Crippen molar-refractivity contribution in [2.24, 2.45) is 0 Å². The number of thiazole rings is 1. The Morgan fingerprint density at radius 3 is 2.34 bits per heavy atom. The Morgan fingerprint density at radius 2 is 1.69 bits per heavy atom. The van der Waals surface area contributed by atoms with Gasteiger partial charge in [0, 0.05) is 0 Å². The second kappa shape index (κ2) is 9.67. The number of fused-ring (bicyclic) bond motifs is 1. The second-order valence-corrected chi connectivity index (χ2v) is 13.1. The Labute approximate surface area is 197 Å². The molecule has 3 aromatic carbocycles. The molecule has 4 rings (SSSR count). The molecule has 0 fully saturated rings. The van der Waals surface area contributed by atoms with E-state index in [0.29, 0.717) is 23.6 Å². The van der Waals surface area contributed by atoms with Gasteiger partial charge in [-0.2, -0.15) is 0 Å². The number of hydrogen-bond donors (Lipinski definition) is 1. The van der Waals surface area contributed by atoms with Crippen LogP contribution in [0.4, 0.5) is 5.13 Å². The Balaban J connectivity index is 1.53. The van der Waals surface area contributed by atoms with Gasteiger partial charge in [0.25, 0.3) is 0 Å². The van der Waals surface area contributed by atoms with Gasteiger partial charge in [0.05, 0.1) is 7.11 Å². The molecule has 0 atom stereocenters. The molecule has 0 radical (unpaired) electrons. The third kappa shape index (κ3) is 5.53. The molecule has 4 aromatic rings. The minimum absolute atomic E-state index is 0.358. The summed E-state index contributed by atoms with van der Waals surface area (Å²) in [4.78, 5) is 17.1. The van der Waals surface area contributed by atoms with Crippen molar-refractivity contribution >= 4 is 52.8 Å². The summed E-state index contributed by atoms with van der Waals surface area (Å²) in [6.07, 6.45) is 0. The van der Waals surface area contributed by atoms with Gasteiger partial charge in [0.15, 0.2) is 0 Å². The van der Waals surface area contributed by atoms with Gasteiger partial charge in [0.2, 0.25) is 0 Å². The van der Waals surface area contributed by atoms with Gasteiger partial charge in [-0.1, -0.05) is 0 Å². The van der Waals surface area contributed by atoms with Crippen LogP contribution in [0.3, 0.4) is 0 Å². The van der Waals surface area contributed by atoms with Crippen LogP contribution in [0.5, 0.6) is 5.75 Å². The molecule has 1 amide bonds. The molecule has 11 heteroatoms. The fraction of sp³-hybridized carbons (Fsp3) is 0.0476. The molecular formula is C21H16ClIN2O6S. The number of carbonyl (C=O) groups is 1. The van der Waals surface area contributed by atoms with E-state index in [0.717, 1.165) is 10.2 Å². The van der Waals surface area contributed by atoms with E-state index in [1.165, 1.54) is 11.3 Å². The molecule has 0 spiro atoms. The SMILES string of the molecule is COc1ccc2nc(NC(=O)c3ccc(I(O[Cl+3]([O-])([O-])[O-])c4ccccc4)cc3)sc2c1. The van der Waals surface area contributed by atoms with Gasteiger partial charge in [0.1, 0.15) is 0 Å². The summed E-state index contributed by atoms with van der Waals surface area (Å²) in [6, 6.07) is 20.5. The number of nitrogens with one attached hydrogen (secondary N) is 1. The Morgan fingerprint density at radius 1 is 1.00 bits per heavy atom. The third-order valence-corrected chi connectivity index (χ3v) is 11.3. The van der Waals surface area contributed by atoms with E-state index in [-0.39, 0.29) is 5.91 Å². The first-order valence-electron chi connectivity index (χ1n) is 9.04. The van der Waals surface area contributed by atoms with Crippen molar-refractivity contribution in [3.63, 3.8) is 0 Å². The van der Waals surface area contributed by atoms with Crippen LogP contribution in [0.1, 0.15) is 10.4 Å². The molecule has 0 saturated carbocycles. The molecule has 166 valence electrons. The Kier molecular flexibility index (Phi) is 6.90. The number of aromatic nitrogens is 1. The normalized spacial score (nSPS) is 11.9. The van der Waals surface area contributed by atoms with Crippen molar-refractivity contribution in [1.82, 2.24) is 4.98 Å². The fourth-order valence-electron chi connectivity index (χ4n) is 2.76. The Bertz CT molecular complexity index is 1230. The minimum atomic E-state index is -4.58. The second-order valence-electron chi connectivity index (χ2n) is 6.29. The van der Waals surface area contributed by atoms with E-state index >= 15 is 0 Å². The summed E-state index contributed by atoms with van der Waals surface area (Å²) in [6.45, 7) is 0. The van der Waals surface area contributed by atoms with E-state index in [2.05, 4.69) is 10.3 Å². The number of nitrogens with zero attached hydrogens (tertiary/aromatic N) is 1. The average Bonchev–Trinajstić information content (AvgIpc) is 3.19. The number of hydrogen-bond acceptors (Lipinski definition) is 8. The van der Waals surface area contributed by atoms with E-state index in [1.54, 1.807) is 67.8 Å². The van der Waals surface area contributed by atoms with Crippen molar-refractivity contribution in [3.05, 3.63) is 85.5 Å². The summed E-state index contributed by atoms with van der Waals surface area (Å²) in [5.41, 5.74) is 1.10. The predicted molar refractivity (Wildman–Crippen MR) is 120 cm³/mol. The summed E-state index contributed by atoms with van der Waals surface area (Å²) in [5.74, 6) is 0.340. The van der Waals surface area contributed by atoms with Crippen molar-refractivity contribution in [1.29, 1.82) is 0 Å². The van der Waals surface area contributed by atoms with E-state index in [1.807, 2.05) is 12.1 Å². The van der Waals surface area contributed by atoms with Crippen LogP contribution in [0.15, 0.2) is 72.8 Å². The molecule has 1 heterocycles. The number of carbonyl (C=O) groups excluding carboxylic acids is 1. The van der Waals surface area contributed by atoms with Crippen LogP contribution < -0.4 is 24.0 Å². The monoisotopic (exact) mass is 586 g/mol. The van der Waals surface area contributed by atoms with Crippen molar-refractivity contribution in [3.8, 4) is 5.75 Å². The summed E-state index contributed by atoms with van der Waals surface area (Å²) in [7, 11) is -3.00. The molecule has 0 bridgehead atoms. The number of rotatable bonds is 7. The predicted octanol–water partition coefficient (Wildman–Crippen LogP) is 1.93. The molecular weight excluding hydrogens is 571 g/mol. The van der Waals surface area contributed by atoms with Crippen LogP contribution >= 0.6 is 31.6 Å². The van der Waals surface area contributed by atoms with Crippen molar-refractivity contribution in [2.75, 3.05) is 12.4 Å². The first-order chi connectivity index (χ1) is 15.3. The molecule has 1 N–H and O–H groups in total. The van der Waals surface area contributed by atoms with E-state index in [9.17, 15) is 18.8 Å². The molecule has 0 aliphatic heterocycles. The van der Waals surface area contributed by atoms with Crippen molar-refractivity contribution < 1.29 is 36.4 Å². The van der Waals surface area contributed by atoms with Gasteiger partial charge in [-0.05, 0) is 0 Å². The summed E-state index contributed by atoms with van der Waals surface area (Å²) >= 11 is -1.68. The number of ether oxygens (including phenoxy) is 1. The summed E-state index contributed by atoms with van der Waals surface area (Å²) in [5, 5.41) is 3.21. The van der Waals surface area contributed by atoms with Crippen LogP contribution in [0.2, 0.25) is 0 Å². The molecule has 0 aliphatic carbocycles. The number of amides is 1. The van der Waals surface area contributed by atoms with Gasteiger partial charge in [-0.25, -0.2) is 0 Å². The molecule has 0 aliphatic rings. The van der Waals surface area contributed by atoms with Gasteiger partial charge < -0.3 is 0 Å². The maximum absolute atomic E-state index is 12.7. The first-order valence-corrected chi connectivity index (χ1v) is 14.1. The fourth-order valence-corrected chi connectivity index (χ4v) is 9.11. The van der Waals surface area contributed by atoms with Crippen LogP contribution in [0.25, 0.3) is 10.2 Å². The van der Waals surface area contributed by atoms with Gasteiger partial charge in [-0.15, -0.1) is 0 Å². The zero-order valence-electron chi connectivity index (χ0n) is 16.5. The quantitative estimate of drug-likeness (QED) is 0.328. The van der Waals surface area contributed by atoms with E-state index < -0.39 is 30.5 Å². The average molecular weight is 587 g/mol. The van der Waals surface area contributed by atoms with Gasteiger partial charge >= 0.3 is 191 Å². The zero-order valence-corrected chi connectivity index (χ0v) is 20.2. The first kappa shape index (κ1) is 22.9. The number of benzene rings is 3. The molecule has 0 unspecified atom stereocenters. The standard InChI is InChI=1S/C21H16ClIN2O6S/c1-30-17-11-12-18-19(13-17)32-21(24-18)25-20(26)14-7-9-16(10-8-14)23(31-22(27,28)29)15-5-3-2-4-6-15/h2-13H,1H3,(H,24,25,26). The molecule has 8 nitrogen and oxygen atoms in total. The van der Waals surface area contributed by atoms with Crippen LogP contribution in [0, 0.1) is 17.4 Å². The third-order valence-electron chi connectivity index (χ3n) is 4.18. The molecule has 32 heavy (non-hydrogen) atoms. The van der Waals surface area contributed by atoms with Crippen molar-refractivity contribution in [2.45, 2.75) is 0 Å². The molecule has 0 saturated heterocycles.